The smallest absolute Gasteiger partial charge is 0.238 e. The van der Waals surface area contributed by atoms with Crippen LogP contribution in [0.1, 0.15) is 38.2 Å². The van der Waals surface area contributed by atoms with E-state index >= 15 is 0 Å². The lowest BCUT2D eigenvalue weighted by Crippen LogP contribution is -2.42. The Bertz CT molecular complexity index is 592. The van der Waals surface area contributed by atoms with Crippen LogP contribution in [0.2, 0.25) is 5.02 Å². The number of sulfone groups is 1. The lowest BCUT2D eigenvalue weighted by molar-refractivity contribution is -0.121. The summed E-state index contributed by atoms with van der Waals surface area (Å²) in [6.45, 7) is 1.45. The summed E-state index contributed by atoms with van der Waals surface area (Å²) in [6, 6.07) is 6.76. The van der Waals surface area contributed by atoms with Crippen LogP contribution in [0.4, 0.5) is 0 Å². The molecule has 1 amide bonds. The molecule has 6 heteroatoms. The van der Waals surface area contributed by atoms with Crippen LogP contribution in [-0.2, 0) is 20.4 Å². The van der Waals surface area contributed by atoms with E-state index in [-0.39, 0.29) is 11.8 Å². The highest BCUT2D eigenvalue weighted by Gasteiger charge is 2.30. The fourth-order valence-electron chi connectivity index (χ4n) is 2.49. The van der Waals surface area contributed by atoms with E-state index in [0.717, 1.165) is 25.7 Å². The number of hydrogen-bond donors (Lipinski definition) is 1. The first-order valence-electron chi connectivity index (χ1n) is 7.15. The van der Waals surface area contributed by atoms with Crippen molar-refractivity contribution in [3.63, 3.8) is 0 Å². The van der Waals surface area contributed by atoms with Crippen molar-refractivity contribution in [1.82, 2.24) is 5.32 Å². The van der Waals surface area contributed by atoms with Crippen LogP contribution in [0.3, 0.4) is 0 Å². The lowest BCUT2D eigenvalue weighted by Gasteiger charge is -2.17. The highest BCUT2D eigenvalue weighted by molar-refractivity contribution is 7.92. The molecule has 1 aliphatic rings. The second kappa shape index (κ2) is 6.79. The van der Waals surface area contributed by atoms with Gasteiger partial charge in [0.05, 0.1) is 5.75 Å². The highest BCUT2D eigenvalue weighted by atomic mass is 35.5. The maximum absolute atomic E-state index is 12.3. The molecule has 1 aromatic rings. The Labute approximate surface area is 130 Å². The topological polar surface area (TPSA) is 63.2 Å². The van der Waals surface area contributed by atoms with Gasteiger partial charge in [-0.25, -0.2) is 8.42 Å². The maximum atomic E-state index is 12.3. The van der Waals surface area contributed by atoms with Gasteiger partial charge >= 0.3 is 0 Å². The molecule has 1 atom stereocenters. The molecule has 0 saturated heterocycles. The van der Waals surface area contributed by atoms with Gasteiger partial charge in [0, 0.05) is 11.1 Å². The number of hydrogen-bond acceptors (Lipinski definition) is 3. The molecule has 0 spiro atoms. The van der Waals surface area contributed by atoms with Crippen molar-refractivity contribution in [2.45, 2.75) is 49.7 Å². The summed E-state index contributed by atoms with van der Waals surface area (Å²) in [4.78, 5) is 12.1. The standard InChI is InChI=1S/C15H20ClNO3S/c1-11(15(18)17-14-4-2-3-5-14)21(19,20)10-12-6-8-13(16)9-7-12/h6-9,11,14H,2-5,10H2,1H3,(H,17,18)/t11-/m0/s1. The van der Waals surface area contributed by atoms with E-state index in [2.05, 4.69) is 5.32 Å². The van der Waals surface area contributed by atoms with E-state index in [4.69, 9.17) is 11.6 Å². The van der Waals surface area contributed by atoms with Crippen LogP contribution >= 0.6 is 11.6 Å². The normalized spacial score (nSPS) is 17.6. The van der Waals surface area contributed by atoms with Crippen molar-refractivity contribution in [3.05, 3.63) is 34.9 Å². The summed E-state index contributed by atoms with van der Waals surface area (Å²) in [7, 11) is -3.52. The molecule has 4 nitrogen and oxygen atoms in total. The van der Waals surface area contributed by atoms with Gasteiger partial charge in [0.25, 0.3) is 0 Å². The minimum Gasteiger partial charge on any atom is -0.352 e. The molecule has 0 aromatic heterocycles. The van der Waals surface area contributed by atoms with Gasteiger partial charge in [-0.05, 0) is 37.5 Å². The summed E-state index contributed by atoms with van der Waals surface area (Å²) in [6.07, 6.45) is 4.07. The molecular formula is C15H20ClNO3S. The van der Waals surface area contributed by atoms with Gasteiger partial charge in [-0.2, -0.15) is 0 Å². The van der Waals surface area contributed by atoms with Crippen LogP contribution in [0.15, 0.2) is 24.3 Å². The number of nitrogens with one attached hydrogen (secondary N) is 1. The Balaban J connectivity index is 2.00. The molecule has 1 aromatic carbocycles. The summed E-state index contributed by atoms with van der Waals surface area (Å²) < 4.78 is 24.6. The number of carbonyl (C=O) groups is 1. The van der Waals surface area contributed by atoms with E-state index in [9.17, 15) is 13.2 Å². The third-order valence-electron chi connectivity index (χ3n) is 3.89. The monoisotopic (exact) mass is 329 g/mol. The van der Waals surface area contributed by atoms with Gasteiger partial charge in [0.2, 0.25) is 5.91 Å². The number of benzene rings is 1. The number of rotatable bonds is 5. The fourth-order valence-corrected chi connectivity index (χ4v) is 3.92. The Morgan fingerprint density at radius 2 is 1.86 bits per heavy atom. The van der Waals surface area contributed by atoms with Crippen molar-refractivity contribution in [2.24, 2.45) is 0 Å². The first kappa shape index (κ1) is 16.3. The van der Waals surface area contributed by atoms with Gasteiger partial charge in [0.1, 0.15) is 5.25 Å². The molecule has 21 heavy (non-hydrogen) atoms. The Morgan fingerprint density at radius 3 is 2.43 bits per heavy atom. The molecule has 116 valence electrons. The molecule has 1 saturated carbocycles. The number of halogens is 1. The van der Waals surface area contributed by atoms with Crippen LogP contribution in [0.25, 0.3) is 0 Å². The second-order valence-corrected chi connectivity index (χ2v) is 8.32. The van der Waals surface area contributed by atoms with Gasteiger partial charge < -0.3 is 5.32 Å². The van der Waals surface area contributed by atoms with E-state index in [1.165, 1.54) is 6.92 Å². The average molecular weight is 330 g/mol. The molecular weight excluding hydrogens is 310 g/mol. The summed E-state index contributed by atoms with van der Waals surface area (Å²) >= 11 is 5.78. The SMILES string of the molecule is C[C@@H](C(=O)NC1CCCC1)S(=O)(=O)Cc1ccc(Cl)cc1. The average Bonchev–Trinajstić information content (AvgIpc) is 2.93. The van der Waals surface area contributed by atoms with Gasteiger partial charge in [0.15, 0.2) is 9.84 Å². The third-order valence-corrected chi connectivity index (χ3v) is 6.17. The quantitative estimate of drug-likeness (QED) is 0.903. The Hall–Kier alpha value is -1.07. The highest BCUT2D eigenvalue weighted by Crippen LogP contribution is 2.19. The zero-order valence-corrected chi connectivity index (χ0v) is 13.6. The van der Waals surface area contributed by atoms with Crippen LogP contribution in [-0.4, -0.2) is 25.6 Å². The van der Waals surface area contributed by atoms with E-state index in [0.29, 0.717) is 10.6 Å². The summed E-state index contributed by atoms with van der Waals surface area (Å²) in [5.74, 6) is -0.542. The van der Waals surface area contributed by atoms with E-state index in [1.807, 2.05) is 0 Å². The molecule has 0 unspecified atom stereocenters. The molecule has 1 fully saturated rings. The molecule has 1 aliphatic carbocycles. The largest absolute Gasteiger partial charge is 0.352 e. The van der Waals surface area contributed by atoms with Gasteiger partial charge in [-0.15, -0.1) is 0 Å². The zero-order chi connectivity index (χ0) is 15.5. The Kier molecular flexibility index (Phi) is 5.27. The van der Waals surface area contributed by atoms with Crippen molar-refractivity contribution in [1.29, 1.82) is 0 Å². The van der Waals surface area contributed by atoms with Crippen molar-refractivity contribution < 1.29 is 13.2 Å². The first-order chi connectivity index (χ1) is 9.88. The second-order valence-electron chi connectivity index (χ2n) is 5.57. The minimum atomic E-state index is -3.52. The first-order valence-corrected chi connectivity index (χ1v) is 9.24. The third kappa shape index (κ3) is 4.45. The molecule has 0 heterocycles. The minimum absolute atomic E-state index is 0.130. The fraction of sp³-hybridized carbons (Fsp3) is 0.533. The zero-order valence-electron chi connectivity index (χ0n) is 12.0. The van der Waals surface area contributed by atoms with Crippen LogP contribution < -0.4 is 5.32 Å². The predicted octanol–water partition coefficient (Wildman–Crippen LogP) is 2.70. The molecule has 1 N–H and O–H groups in total. The maximum Gasteiger partial charge on any atom is 0.238 e. The molecule has 0 aliphatic heterocycles. The molecule has 0 radical (unpaired) electrons. The van der Waals surface area contributed by atoms with Crippen LogP contribution in [0.5, 0.6) is 0 Å². The number of amides is 1. The van der Waals surface area contributed by atoms with Crippen LogP contribution in [0, 0.1) is 0 Å². The van der Waals surface area contributed by atoms with E-state index in [1.54, 1.807) is 24.3 Å². The van der Waals surface area contributed by atoms with Crippen molar-refractivity contribution >= 4 is 27.3 Å². The predicted molar refractivity (Wildman–Crippen MR) is 83.9 cm³/mol. The van der Waals surface area contributed by atoms with Crippen molar-refractivity contribution in [2.75, 3.05) is 0 Å². The van der Waals surface area contributed by atoms with E-state index < -0.39 is 21.0 Å². The molecule has 2 rings (SSSR count). The molecule has 0 bridgehead atoms. The van der Waals surface area contributed by atoms with Crippen molar-refractivity contribution in [3.8, 4) is 0 Å². The Morgan fingerprint density at radius 1 is 1.29 bits per heavy atom. The van der Waals surface area contributed by atoms with Gasteiger partial charge in [-0.1, -0.05) is 36.6 Å². The van der Waals surface area contributed by atoms with Gasteiger partial charge in [-0.3, -0.25) is 4.79 Å². The summed E-state index contributed by atoms with van der Waals surface area (Å²) in [5.41, 5.74) is 0.639. The number of carbonyl (C=O) groups excluding carboxylic acids is 1. The lowest BCUT2D eigenvalue weighted by atomic mass is 10.2. The summed E-state index contributed by atoms with van der Waals surface area (Å²) in [5, 5.41) is 2.37.